The van der Waals surface area contributed by atoms with Crippen molar-refractivity contribution in [3.8, 4) is 11.4 Å². The van der Waals surface area contributed by atoms with Crippen molar-refractivity contribution in [2.24, 2.45) is 0 Å². The van der Waals surface area contributed by atoms with Gasteiger partial charge in [-0.05, 0) is 49.7 Å². The van der Waals surface area contributed by atoms with Crippen molar-refractivity contribution in [3.05, 3.63) is 64.4 Å². The van der Waals surface area contributed by atoms with Crippen LogP contribution in [-0.4, -0.2) is 20.9 Å². The van der Waals surface area contributed by atoms with Crippen LogP contribution in [0.4, 0.5) is 11.5 Å². The number of fused-ring (bicyclic) bond motifs is 2. The molecule has 3 aromatic heterocycles. The molecule has 0 fully saturated rings. The summed E-state index contributed by atoms with van der Waals surface area (Å²) < 4.78 is 5.47. The number of nitrogens with two attached hydrogens (primary N) is 1. The molecular formula is C23H19N5O2S. The number of carbonyl (C=O) groups is 1. The van der Waals surface area contributed by atoms with Crippen LogP contribution in [0.3, 0.4) is 0 Å². The van der Waals surface area contributed by atoms with Gasteiger partial charge in [0.1, 0.15) is 16.2 Å². The molecule has 3 N–H and O–H groups in total. The van der Waals surface area contributed by atoms with E-state index in [-0.39, 0.29) is 5.91 Å². The third-order valence-corrected chi connectivity index (χ3v) is 6.32. The van der Waals surface area contributed by atoms with Crippen molar-refractivity contribution < 1.29 is 9.21 Å². The number of amides is 1. The van der Waals surface area contributed by atoms with Crippen LogP contribution < -0.4 is 11.1 Å². The van der Waals surface area contributed by atoms with Gasteiger partial charge in [0.25, 0.3) is 5.91 Å². The number of oxazole rings is 1. The van der Waals surface area contributed by atoms with Gasteiger partial charge in [0.05, 0.1) is 5.39 Å². The van der Waals surface area contributed by atoms with Gasteiger partial charge in [-0.15, -0.1) is 11.3 Å². The molecule has 8 heteroatoms. The Bertz CT molecular complexity index is 1470. The van der Waals surface area contributed by atoms with Gasteiger partial charge in [-0.1, -0.05) is 12.1 Å². The molecule has 0 spiro atoms. The van der Waals surface area contributed by atoms with Gasteiger partial charge in [-0.2, -0.15) is 0 Å². The second-order valence-electron chi connectivity index (χ2n) is 7.34. The van der Waals surface area contributed by atoms with Crippen LogP contribution in [0.1, 0.15) is 26.7 Å². The van der Waals surface area contributed by atoms with Crippen molar-refractivity contribution in [1.29, 1.82) is 0 Å². The SMILES string of the molecule is Cc1nc2cc(NC(=O)c3ccc(-c4nc(N)c5c(C)c(C)sc5n4)cc3)ccc2o1. The first-order valence-electron chi connectivity index (χ1n) is 9.71. The van der Waals surface area contributed by atoms with Crippen LogP contribution in [-0.2, 0) is 0 Å². The van der Waals surface area contributed by atoms with E-state index in [1.54, 1.807) is 48.6 Å². The van der Waals surface area contributed by atoms with E-state index in [9.17, 15) is 4.79 Å². The summed E-state index contributed by atoms with van der Waals surface area (Å²) in [5, 5.41) is 3.81. The maximum Gasteiger partial charge on any atom is 0.255 e. The van der Waals surface area contributed by atoms with E-state index in [4.69, 9.17) is 10.2 Å². The summed E-state index contributed by atoms with van der Waals surface area (Å²) in [6.45, 7) is 5.87. The number of thiophene rings is 1. The molecule has 31 heavy (non-hydrogen) atoms. The van der Waals surface area contributed by atoms with Gasteiger partial charge in [-0.25, -0.2) is 15.0 Å². The van der Waals surface area contributed by atoms with E-state index in [1.807, 2.05) is 19.1 Å². The zero-order valence-electron chi connectivity index (χ0n) is 17.2. The third-order valence-electron chi connectivity index (χ3n) is 5.21. The molecule has 1 amide bonds. The average molecular weight is 430 g/mol. The van der Waals surface area contributed by atoms with Crippen LogP contribution in [0, 0.1) is 20.8 Å². The maximum atomic E-state index is 12.7. The van der Waals surface area contributed by atoms with Gasteiger partial charge in [0.15, 0.2) is 17.3 Å². The monoisotopic (exact) mass is 429 g/mol. The number of nitrogens with zero attached hydrogens (tertiary/aromatic N) is 3. The molecule has 154 valence electrons. The van der Waals surface area contributed by atoms with Crippen molar-refractivity contribution >= 4 is 50.1 Å². The fourth-order valence-electron chi connectivity index (χ4n) is 3.50. The molecule has 5 rings (SSSR count). The quantitative estimate of drug-likeness (QED) is 0.405. The topological polar surface area (TPSA) is 107 Å². The standard InChI is InChI=1S/C23H19N5O2S/c1-11-12(2)31-23-19(11)20(24)27-21(28-23)14-4-6-15(7-5-14)22(29)26-16-8-9-18-17(10-16)25-13(3)30-18/h4-10H,1-3H3,(H,26,29)(H2,24,27,28). The average Bonchev–Trinajstić information content (AvgIpc) is 3.26. The lowest BCUT2D eigenvalue weighted by atomic mass is 10.1. The predicted molar refractivity (Wildman–Crippen MR) is 123 cm³/mol. The lowest BCUT2D eigenvalue weighted by molar-refractivity contribution is 0.102. The minimum absolute atomic E-state index is 0.216. The van der Waals surface area contributed by atoms with Gasteiger partial charge >= 0.3 is 0 Å². The second-order valence-corrected chi connectivity index (χ2v) is 8.55. The van der Waals surface area contributed by atoms with Crippen molar-refractivity contribution in [2.45, 2.75) is 20.8 Å². The number of carbonyl (C=O) groups excluding carboxylic acids is 1. The van der Waals surface area contributed by atoms with Gasteiger partial charge in [0, 0.05) is 28.6 Å². The maximum absolute atomic E-state index is 12.7. The zero-order chi connectivity index (χ0) is 21.7. The van der Waals surface area contributed by atoms with Gasteiger partial charge in [-0.3, -0.25) is 4.79 Å². The number of rotatable bonds is 3. The van der Waals surface area contributed by atoms with Crippen molar-refractivity contribution in [2.75, 3.05) is 11.1 Å². The Labute approximate surface area is 182 Å². The Kier molecular flexibility index (Phi) is 4.44. The number of hydrogen-bond acceptors (Lipinski definition) is 7. The fourth-order valence-corrected chi connectivity index (χ4v) is 4.54. The molecule has 0 radical (unpaired) electrons. The van der Waals surface area contributed by atoms with E-state index in [2.05, 4.69) is 27.2 Å². The van der Waals surface area contributed by atoms with E-state index < -0.39 is 0 Å². The molecule has 2 aromatic carbocycles. The predicted octanol–water partition coefficient (Wildman–Crippen LogP) is 5.26. The summed E-state index contributed by atoms with van der Waals surface area (Å²) in [5.41, 5.74) is 10.7. The molecular weight excluding hydrogens is 410 g/mol. The van der Waals surface area contributed by atoms with Crippen molar-refractivity contribution in [3.63, 3.8) is 0 Å². The third kappa shape index (κ3) is 3.40. The Morgan fingerprint density at radius 2 is 1.81 bits per heavy atom. The van der Waals surface area contributed by atoms with Crippen LogP contribution in [0.2, 0.25) is 0 Å². The van der Waals surface area contributed by atoms with Crippen LogP contribution in [0.5, 0.6) is 0 Å². The first kappa shape index (κ1) is 19.2. The Morgan fingerprint density at radius 1 is 1.03 bits per heavy atom. The highest BCUT2D eigenvalue weighted by atomic mass is 32.1. The number of benzene rings is 2. The Balaban J connectivity index is 1.40. The number of nitrogens with one attached hydrogen (secondary N) is 1. The highest BCUT2D eigenvalue weighted by molar-refractivity contribution is 7.18. The fraction of sp³-hybridized carbons (Fsp3) is 0.130. The number of aromatic nitrogens is 3. The second kappa shape index (κ2) is 7.17. The molecule has 0 saturated carbocycles. The summed E-state index contributed by atoms with van der Waals surface area (Å²) >= 11 is 1.61. The summed E-state index contributed by atoms with van der Waals surface area (Å²) in [4.78, 5) is 28.2. The number of hydrogen-bond donors (Lipinski definition) is 2. The molecule has 3 heterocycles. The molecule has 5 aromatic rings. The number of aryl methyl sites for hydroxylation is 3. The normalized spacial score (nSPS) is 11.3. The van der Waals surface area contributed by atoms with Crippen LogP contribution in [0.25, 0.3) is 32.7 Å². The first-order chi connectivity index (χ1) is 14.9. The molecule has 7 nitrogen and oxygen atoms in total. The summed E-state index contributed by atoms with van der Waals surface area (Å²) in [7, 11) is 0. The minimum atomic E-state index is -0.216. The van der Waals surface area contributed by atoms with E-state index in [0.29, 0.717) is 39.9 Å². The molecule has 0 bridgehead atoms. The summed E-state index contributed by atoms with van der Waals surface area (Å²) in [5.74, 6) is 1.39. The molecule has 0 unspecified atom stereocenters. The van der Waals surface area contributed by atoms with Crippen LogP contribution in [0.15, 0.2) is 46.9 Å². The summed E-state index contributed by atoms with van der Waals surface area (Å²) in [6.07, 6.45) is 0. The lowest BCUT2D eigenvalue weighted by Gasteiger charge is -2.07. The van der Waals surface area contributed by atoms with Crippen molar-refractivity contribution in [1.82, 2.24) is 15.0 Å². The van der Waals surface area contributed by atoms with Gasteiger partial charge < -0.3 is 15.5 Å². The highest BCUT2D eigenvalue weighted by Crippen LogP contribution is 2.33. The zero-order valence-corrected chi connectivity index (χ0v) is 18.0. The summed E-state index contributed by atoms with van der Waals surface area (Å²) in [6, 6.07) is 12.5. The molecule has 0 saturated heterocycles. The first-order valence-corrected chi connectivity index (χ1v) is 10.5. The van der Waals surface area contributed by atoms with E-state index in [0.717, 1.165) is 21.3 Å². The smallest absolute Gasteiger partial charge is 0.255 e. The molecule has 0 aliphatic heterocycles. The largest absolute Gasteiger partial charge is 0.441 e. The molecule has 0 aliphatic carbocycles. The Hall–Kier alpha value is -3.78. The molecule has 0 aliphatic rings. The lowest BCUT2D eigenvalue weighted by Crippen LogP contribution is -2.11. The van der Waals surface area contributed by atoms with Gasteiger partial charge in [0.2, 0.25) is 0 Å². The minimum Gasteiger partial charge on any atom is -0.441 e. The number of nitrogen functional groups attached to an aromatic ring is 1. The highest BCUT2D eigenvalue weighted by Gasteiger charge is 2.14. The van der Waals surface area contributed by atoms with E-state index >= 15 is 0 Å². The van der Waals surface area contributed by atoms with E-state index in [1.165, 1.54) is 4.88 Å². The molecule has 0 atom stereocenters. The van der Waals surface area contributed by atoms with Crippen LogP contribution >= 0.6 is 11.3 Å². The Morgan fingerprint density at radius 3 is 2.58 bits per heavy atom. The number of anilines is 2.